The van der Waals surface area contributed by atoms with E-state index >= 15 is 0 Å². The number of esters is 2. The van der Waals surface area contributed by atoms with Crippen LogP contribution < -0.4 is 5.32 Å². The summed E-state index contributed by atoms with van der Waals surface area (Å²) in [6.07, 6.45) is 9.02. The minimum Gasteiger partial charge on any atom is -0.535 e. The van der Waals surface area contributed by atoms with Crippen LogP contribution in [0.5, 0.6) is 0 Å². The van der Waals surface area contributed by atoms with Crippen molar-refractivity contribution in [2.75, 3.05) is 6.61 Å². The van der Waals surface area contributed by atoms with Crippen LogP contribution in [0, 0.1) is 23.8 Å². The molecule has 8 heteroatoms. The van der Waals surface area contributed by atoms with E-state index in [4.69, 9.17) is 14.2 Å². The van der Waals surface area contributed by atoms with Crippen LogP contribution in [0.4, 0.5) is 0 Å². The average Bonchev–Trinajstić information content (AvgIpc) is 3.23. The van der Waals surface area contributed by atoms with Gasteiger partial charge in [0.05, 0.1) is 24.5 Å². The van der Waals surface area contributed by atoms with E-state index in [1.54, 1.807) is 39.8 Å². The van der Waals surface area contributed by atoms with Crippen molar-refractivity contribution in [3.05, 3.63) is 37.6 Å². The Balaban J connectivity index is 0.00000512. The third kappa shape index (κ3) is 7.27. The number of ether oxygens (including phenoxy) is 3. The molecule has 2 aliphatic rings. The minimum atomic E-state index is -1.11. The molecule has 2 rings (SSSR count). The smallest absolute Gasteiger partial charge is 0.332 e. The summed E-state index contributed by atoms with van der Waals surface area (Å²) in [7, 11) is 0. The summed E-state index contributed by atoms with van der Waals surface area (Å²) in [5.41, 5.74) is -1.78. The first-order valence-electron chi connectivity index (χ1n) is 10.7. The van der Waals surface area contributed by atoms with Gasteiger partial charge in [0, 0.05) is 38.6 Å². The standard InChI is InChI=1S/C24H34NO6.Y/c1-7-10-11-12-30-17-13-18(19(14-17)21(27)31-23(4,5)6)20(26)25-24(15-16(24)8-2)22(28)29-9-3;/h7-8,12,16-19H,1-2,9-10,13-15H2,3-6H3,(H,25,26);/q-1;/t16?,17-,18-,19-,24-;/m1./s1. The monoisotopic (exact) mass is 521 g/mol. The van der Waals surface area contributed by atoms with Crippen LogP contribution in [0.25, 0.3) is 0 Å². The molecule has 0 aromatic rings. The zero-order chi connectivity index (χ0) is 23.2. The topological polar surface area (TPSA) is 90.9 Å². The molecule has 0 saturated heterocycles. The molecule has 1 unspecified atom stereocenters. The maximum absolute atomic E-state index is 13.2. The molecule has 0 bridgehead atoms. The molecule has 1 amide bonds. The summed E-state index contributed by atoms with van der Waals surface area (Å²) >= 11 is 0. The van der Waals surface area contributed by atoms with E-state index in [1.807, 2.05) is 0 Å². The van der Waals surface area contributed by atoms with E-state index in [-0.39, 0.29) is 57.2 Å². The third-order valence-electron chi connectivity index (χ3n) is 5.46. The van der Waals surface area contributed by atoms with Crippen LogP contribution in [0.2, 0.25) is 0 Å². The summed E-state index contributed by atoms with van der Waals surface area (Å²) in [6, 6.07) is 0. The number of hydrogen-bond donors (Lipinski definition) is 1. The average molecular weight is 521 g/mol. The zero-order valence-electron chi connectivity index (χ0n) is 19.5. The third-order valence-corrected chi connectivity index (χ3v) is 5.46. The Hall–Kier alpha value is -1.47. The fourth-order valence-corrected chi connectivity index (χ4v) is 3.88. The van der Waals surface area contributed by atoms with Crippen molar-refractivity contribution in [3.63, 3.8) is 0 Å². The van der Waals surface area contributed by atoms with Gasteiger partial charge < -0.3 is 25.6 Å². The van der Waals surface area contributed by atoms with Crippen molar-refractivity contribution in [1.29, 1.82) is 0 Å². The molecular formula is C24H34NO6Y-. The fourth-order valence-electron chi connectivity index (χ4n) is 3.88. The molecule has 2 aliphatic carbocycles. The molecule has 2 fully saturated rings. The van der Waals surface area contributed by atoms with E-state index in [9.17, 15) is 14.4 Å². The van der Waals surface area contributed by atoms with Crippen molar-refractivity contribution in [3.8, 4) is 0 Å². The van der Waals surface area contributed by atoms with Gasteiger partial charge in [-0.15, -0.1) is 19.2 Å². The molecule has 7 nitrogen and oxygen atoms in total. The first kappa shape index (κ1) is 28.6. The Morgan fingerprint density at radius 2 is 1.84 bits per heavy atom. The van der Waals surface area contributed by atoms with Crippen molar-refractivity contribution < 1.29 is 61.3 Å². The molecule has 2 saturated carbocycles. The van der Waals surface area contributed by atoms with Gasteiger partial charge in [-0.3, -0.25) is 9.59 Å². The summed E-state index contributed by atoms with van der Waals surface area (Å²) in [5.74, 6) is -2.84. The van der Waals surface area contributed by atoms with E-state index in [0.29, 0.717) is 25.7 Å². The molecule has 0 aromatic heterocycles. The SMILES string of the molecule is C=CC[C-]=CO[C@@H]1C[C@@H](C(=O)N[C@]2(C(=O)OCC)CC2C=C)[C@H](C(=O)OC(C)(C)C)C1.[Y]. The first-order valence-corrected chi connectivity index (χ1v) is 10.7. The number of rotatable bonds is 10. The number of carbonyl (C=O) groups is 3. The Morgan fingerprint density at radius 1 is 1.19 bits per heavy atom. The van der Waals surface area contributed by atoms with Gasteiger partial charge >= 0.3 is 11.9 Å². The second-order valence-electron chi connectivity index (χ2n) is 9.02. The Morgan fingerprint density at radius 3 is 2.38 bits per heavy atom. The zero-order valence-corrected chi connectivity index (χ0v) is 22.4. The van der Waals surface area contributed by atoms with Crippen molar-refractivity contribution >= 4 is 17.8 Å². The van der Waals surface area contributed by atoms with Gasteiger partial charge in [-0.1, -0.05) is 12.3 Å². The fraction of sp³-hybridized carbons (Fsp3) is 0.625. The van der Waals surface area contributed by atoms with Gasteiger partial charge in [-0.2, -0.15) is 6.42 Å². The van der Waals surface area contributed by atoms with Crippen LogP contribution in [0.3, 0.4) is 0 Å². The number of amides is 1. The van der Waals surface area contributed by atoms with Crippen LogP contribution in [-0.2, 0) is 61.3 Å². The predicted molar refractivity (Wildman–Crippen MR) is 115 cm³/mol. The Bertz CT molecular complexity index is 743. The first-order chi connectivity index (χ1) is 14.6. The van der Waals surface area contributed by atoms with Crippen LogP contribution in [-0.4, -0.2) is 41.7 Å². The molecule has 0 aromatic carbocycles. The molecule has 1 N–H and O–H groups in total. The summed E-state index contributed by atoms with van der Waals surface area (Å²) < 4.78 is 16.4. The van der Waals surface area contributed by atoms with Crippen LogP contribution in [0.1, 0.15) is 53.4 Å². The molecule has 32 heavy (non-hydrogen) atoms. The van der Waals surface area contributed by atoms with Crippen molar-refractivity contribution in [2.45, 2.75) is 70.6 Å². The van der Waals surface area contributed by atoms with Gasteiger partial charge in [0.1, 0.15) is 11.1 Å². The molecule has 0 aliphatic heterocycles. The Kier molecular flexibility index (Phi) is 10.8. The number of allylic oxidation sites excluding steroid dienone is 2. The molecule has 0 spiro atoms. The van der Waals surface area contributed by atoms with E-state index in [2.05, 4.69) is 24.6 Å². The van der Waals surface area contributed by atoms with Gasteiger partial charge in [-0.25, -0.2) is 4.79 Å². The maximum atomic E-state index is 13.2. The predicted octanol–water partition coefficient (Wildman–Crippen LogP) is 3.25. The molecule has 175 valence electrons. The number of carbonyl (C=O) groups excluding carboxylic acids is 3. The van der Waals surface area contributed by atoms with Gasteiger partial charge in [0.2, 0.25) is 5.91 Å². The summed E-state index contributed by atoms with van der Waals surface area (Å²) in [6.45, 7) is 14.6. The largest absolute Gasteiger partial charge is 0.535 e. The quantitative estimate of drug-likeness (QED) is 0.206. The number of hydrogen-bond acceptors (Lipinski definition) is 6. The van der Waals surface area contributed by atoms with Crippen molar-refractivity contribution in [2.24, 2.45) is 17.8 Å². The molecule has 5 atom stereocenters. The molecular weight excluding hydrogens is 487 g/mol. The summed E-state index contributed by atoms with van der Waals surface area (Å²) in [4.78, 5) is 38.5. The van der Waals surface area contributed by atoms with Gasteiger partial charge in [-0.05, 0) is 47.0 Å². The number of nitrogens with one attached hydrogen (secondary N) is 1. The molecule has 1 radical (unpaired) electrons. The second kappa shape index (κ2) is 12.1. The van der Waals surface area contributed by atoms with E-state index in [0.717, 1.165) is 0 Å². The van der Waals surface area contributed by atoms with E-state index in [1.165, 1.54) is 6.26 Å². The van der Waals surface area contributed by atoms with Crippen molar-refractivity contribution in [1.82, 2.24) is 5.32 Å². The Labute approximate surface area is 216 Å². The van der Waals surface area contributed by atoms with Crippen LogP contribution >= 0.6 is 0 Å². The van der Waals surface area contributed by atoms with Gasteiger partial charge in [0.25, 0.3) is 0 Å². The normalized spacial score (nSPS) is 28.9. The summed E-state index contributed by atoms with van der Waals surface area (Å²) in [5, 5.41) is 2.85. The van der Waals surface area contributed by atoms with Gasteiger partial charge in [0.15, 0.2) is 0 Å². The molecule has 0 heterocycles. The minimum absolute atomic E-state index is 0. The second-order valence-corrected chi connectivity index (χ2v) is 9.02. The van der Waals surface area contributed by atoms with E-state index < -0.39 is 34.9 Å². The maximum Gasteiger partial charge on any atom is 0.332 e. The van der Waals surface area contributed by atoms with Crippen LogP contribution in [0.15, 0.2) is 31.6 Å².